The molecule has 124 valence electrons. The molecule has 1 spiro atoms. The number of carbonyl (C=O) groups is 2. The molecule has 1 atom stereocenters. The predicted molar refractivity (Wildman–Crippen MR) is 84.1 cm³/mol. The lowest BCUT2D eigenvalue weighted by Gasteiger charge is -2.38. The number of likely N-dealkylation sites (N-methyl/N-ethyl adjacent to an activating group) is 1. The fourth-order valence-electron chi connectivity index (χ4n) is 3.53. The molecule has 2 saturated heterocycles. The molecule has 6 nitrogen and oxygen atoms in total. The number of carboxylic acids is 1. The molecule has 1 N–H and O–H groups in total. The lowest BCUT2D eigenvalue weighted by atomic mass is 9.92. The Morgan fingerprint density at radius 3 is 2.57 bits per heavy atom. The molecule has 1 aromatic carbocycles. The van der Waals surface area contributed by atoms with Crippen molar-refractivity contribution in [3.05, 3.63) is 35.4 Å². The molecule has 1 aromatic rings. The number of piperidine rings is 1. The van der Waals surface area contributed by atoms with E-state index in [1.54, 1.807) is 11.9 Å². The maximum absolute atomic E-state index is 11.7. The maximum atomic E-state index is 11.7. The number of benzene rings is 1. The number of likely N-dealkylation sites (tertiary alicyclic amines) is 1. The molecule has 0 radical (unpaired) electrons. The summed E-state index contributed by atoms with van der Waals surface area (Å²) in [6.07, 6.45) is 1.75. The van der Waals surface area contributed by atoms with Gasteiger partial charge in [0.25, 0.3) is 0 Å². The number of aliphatic carboxylic acids is 1. The number of hydrogen-bond donors (Lipinski definition) is 1. The van der Waals surface area contributed by atoms with Gasteiger partial charge in [-0.05, 0) is 30.5 Å². The van der Waals surface area contributed by atoms with Crippen LogP contribution in [0.1, 0.15) is 24.0 Å². The van der Waals surface area contributed by atoms with E-state index in [-0.39, 0.29) is 18.1 Å². The van der Waals surface area contributed by atoms with Crippen molar-refractivity contribution < 1.29 is 19.4 Å². The van der Waals surface area contributed by atoms with Gasteiger partial charge in [-0.1, -0.05) is 24.3 Å². The van der Waals surface area contributed by atoms with Crippen LogP contribution in [0.5, 0.6) is 0 Å². The van der Waals surface area contributed by atoms with Crippen molar-refractivity contribution in [2.75, 3.05) is 26.7 Å². The first-order valence-corrected chi connectivity index (χ1v) is 7.92. The Morgan fingerprint density at radius 2 is 1.96 bits per heavy atom. The Bertz CT molecular complexity index is 601. The lowest BCUT2D eigenvalue weighted by Crippen LogP contribution is -2.50. The second kappa shape index (κ2) is 6.20. The zero-order valence-electron chi connectivity index (χ0n) is 13.3. The SMILES string of the molecule is CN1CC2(CCCN(Cc3ccc(CC(=O)O)cc3)C2)OC1=O. The molecule has 1 unspecified atom stereocenters. The van der Waals surface area contributed by atoms with Crippen LogP contribution in [0.4, 0.5) is 4.79 Å². The molecular formula is C17H22N2O4. The van der Waals surface area contributed by atoms with Crippen molar-refractivity contribution in [3.8, 4) is 0 Å². The summed E-state index contributed by atoms with van der Waals surface area (Å²) in [4.78, 5) is 26.3. The van der Waals surface area contributed by atoms with E-state index in [4.69, 9.17) is 9.84 Å². The minimum absolute atomic E-state index is 0.0510. The highest BCUT2D eigenvalue weighted by atomic mass is 16.6. The molecule has 0 saturated carbocycles. The standard InChI is InChI=1S/C17H22N2O4/c1-18-11-17(23-16(18)22)7-2-8-19(12-17)10-14-5-3-13(4-6-14)9-15(20)21/h3-6H,2,7-12H2,1H3,(H,20,21). The predicted octanol–water partition coefficient (Wildman–Crippen LogP) is 1.73. The van der Waals surface area contributed by atoms with Crippen molar-refractivity contribution in [3.63, 3.8) is 0 Å². The van der Waals surface area contributed by atoms with Gasteiger partial charge in [0, 0.05) is 20.1 Å². The van der Waals surface area contributed by atoms with Crippen LogP contribution >= 0.6 is 0 Å². The third-order valence-corrected chi connectivity index (χ3v) is 4.54. The van der Waals surface area contributed by atoms with Crippen molar-refractivity contribution >= 4 is 12.1 Å². The van der Waals surface area contributed by atoms with E-state index < -0.39 is 5.97 Å². The number of rotatable bonds is 4. The first kappa shape index (κ1) is 15.8. The maximum Gasteiger partial charge on any atom is 0.410 e. The van der Waals surface area contributed by atoms with Crippen LogP contribution in [0.2, 0.25) is 0 Å². The zero-order valence-corrected chi connectivity index (χ0v) is 13.3. The van der Waals surface area contributed by atoms with Crippen molar-refractivity contribution in [2.24, 2.45) is 0 Å². The Kier molecular flexibility index (Phi) is 4.26. The minimum Gasteiger partial charge on any atom is -0.481 e. The number of ether oxygens (including phenoxy) is 1. The average molecular weight is 318 g/mol. The molecule has 2 aliphatic heterocycles. The highest BCUT2D eigenvalue weighted by Crippen LogP contribution is 2.31. The Morgan fingerprint density at radius 1 is 1.26 bits per heavy atom. The number of carbonyl (C=O) groups excluding carboxylic acids is 1. The van der Waals surface area contributed by atoms with Gasteiger partial charge < -0.3 is 14.7 Å². The van der Waals surface area contributed by atoms with E-state index in [2.05, 4.69) is 4.90 Å². The molecule has 0 aliphatic carbocycles. The molecule has 6 heteroatoms. The summed E-state index contributed by atoms with van der Waals surface area (Å²) in [6, 6.07) is 7.69. The van der Waals surface area contributed by atoms with Gasteiger partial charge in [-0.3, -0.25) is 9.69 Å². The van der Waals surface area contributed by atoms with Crippen molar-refractivity contribution in [1.82, 2.24) is 9.80 Å². The lowest BCUT2D eigenvalue weighted by molar-refractivity contribution is -0.136. The summed E-state index contributed by atoms with van der Waals surface area (Å²) in [5.74, 6) is -0.817. The van der Waals surface area contributed by atoms with Crippen LogP contribution in [-0.4, -0.2) is 59.3 Å². The molecule has 3 rings (SSSR count). The summed E-state index contributed by atoms with van der Waals surface area (Å²) in [7, 11) is 1.78. The van der Waals surface area contributed by atoms with Crippen molar-refractivity contribution in [2.45, 2.75) is 31.4 Å². The smallest absolute Gasteiger partial charge is 0.410 e. The average Bonchev–Trinajstić information content (AvgIpc) is 2.74. The van der Waals surface area contributed by atoms with Gasteiger partial charge in [0.15, 0.2) is 0 Å². The molecule has 2 aliphatic rings. The summed E-state index contributed by atoms with van der Waals surface area (Å²) >= 11 is 0. The molecule has 0 aromatic heterocycles. The van der Waals surface area contributed by atoms with E-state index in [1.165, 1.54) is 0 Å². The van der Waals surface area contributed by atoms with Gasteiger partial charge in [0.05, 0.1) is 13.0 Å². The monoisotopic (exact) mass is 318 g/mol. The van der Waals surface area contributed by atoms with E-state index in [0.29, 0.717) is 6.54 Å². The topological polar surface area (TPSA) is 70.1 Å². The number of nitrogens with zero attached hydrogens (tertiary/aromatic N) is 2. The molecule has 1 amide bonds. The second-order valence-electron chi connectivity index (χ2n) is 6.61. The fraction of sp³-hybridized carbons (Fsp3) is 0.529. The minimum atomic E-state index is -0.817. The summed E-state index contributed by atoms with van der Waals surface area (Å²) in [6.45, 7) is 3.18. The number of carboxylic acid groups (broad SMARTS) is 1. The first-order chi connectivity index (χ1) is 11.0. The van der Waals surface area contributed by atoms with Crippen LogP contribution in [0, 0.1) is 0 Å². The molecule has 0 bridgehead atoms. The third-order valence-electron chi connectivity index (χ3n) is 4.54. The van der Waals surface area contributed by atoms with Gasteiger partial charge in [-0.25, -0.2) is 4.79 Å². The fourth-order valence-corrected chi connectivity index (χ4v) is 3.53. The Labute approximate surface area is 135 Å². The van der Waals surface area contributed by atoms with E-state index in [1.807, 2.05) is 24.3 Å². The normalized spacial score (nSPS) is 24.9. The first-order valence-electron chi connectivity index (χ1n) is 7.92. The van der Waals surface area contributed by atoms with Crippen LogP contribution in [0.15, 0.2) is 24.3 Å². The second-order valence-corrected chi connectivity index (χ2v) is 6.61. The Balaban J connectivity index is 1.62. The summed E-state index contributed by atoms with van der Waals surface area (Å²) < 4.78 is 5.61. The molecule has 2 fully saturated rings. The molecule has 2 heterocycles. The highest BCUT2D eigenvalue weighted by Gasteiger charge is 2.46. The zero-order chi connectivity index (χ0) is 16.4. The van der Waals surface area contributed by atoms with E-state index in [9.17, 15) is 9.59 Å². The molecular weight excluding hydrogens is 296 g/mol. The largest absolute Gasteiger partial charge is 0.481 e. The van der Waals surface area contributed by atoms with Gasteiger partial charge in [-0.15, -0.1) is 0 Å². The highest BCUT2D eigenvalue weighted by molar-refractivity contribution is 5.70. The van der Waals surface area contributed by atoms with Gasteiger partial charge >= 0.3 is 12.1 Å². The van der Waals surface area contributed by atoms with E-state index >= 15 is 0 Å². The van der Waals surface area contributed by atoms with Gasteiger partial charge in [0.1, 0.15) is 5.60 Å². The van der Waals surface area contributed by atoms with Gasteiger partial charge in [0.2, 0.25) is 0 Å². The van der Waals surface area contributed by atoms with Crippen LogP contribution in [0.3, 0.4) is 0 Å². The number of hydrogen-bond acceptors (Lipinski definition) is 4. The quantitative estimate of drug-likeness (QED) is 0.915. The van der Waals surface area contributed by atoms with E-state index in [0.717, 1.165) is 43.6 Å². The van der Waals surface area contributed by atoms with Gasteiger partial charge in [-0.2, -0.15) is 0 Å². The number of amides is 1. The van der Waals surface area contributed by atoms with Crippen LogP contribution in [-0.2, 0) is 22.5 Å². The molecule has 23 heavy (non-hydrogen) atoms. The van der Waals surface area contributed by atoms with Crippen molar-refractivity contribution in [1.29, 1.82) is 0 Å². The summed E-state index contributed by atoms with van der Waals surface area (Å²) in [5, 5.41) is 8.80. The summed E-state index contributed by atoms with van der Waals surface area (Å²) in [5.41, 5.74) is 1.59. The van der Waals surface area contributed by atoms with Crippen LogP contribution in [0.25, 0.3) is 0 Å². The van der Waals surface area contributed by atoms with Crippen LogP contribution < -0.4 is 0 Å². The Hall–Kier alpha value is -2.08. The third kappa shape index (κ3) is 3.64.